The molecule has 1 aliphatic rings. The number of anilines is 1. The maximum atomic E-state index is 12.3. The lowest BCUT2D eigenvalue weighted by Crippen LogP contribution is -2.41. The quantitative estimate of drug-likeness (QED) is 0.461. The SMILES string of the molecule is CC(C)(OC(=O)OC[C@H]1O[C@@](C#N)(c2ccc3c(N)ncnn23)[C@H](O)[C@@H]1O)c1cccnc1. The van der Waals surface area contributed by atoms with Gasteiger partial charge in [-0.1, -0.05) is 6.07 Å². The summed E-state index contributed by atoms with van der Waals surface area (Å²) < 4.78 is 17.5. The summed E-state index contributed by atoms with van der Waals surface area (Å²) in [5.41, 5.74) is 4.01. The van der Waals surface area contributed by atoms with Crippen LogP contribution >= 0.6 is 0 Å². The van der Waals surface area contributed by atoms with Gasteiger partial charge in [-0.2, -0.15) is 10.4 Å². The van der Waals surface area contributed by atoms with Gasteiger partial charge in [0.05, 0.1) is 5.69 Å². The van der Waals surface area contributed by atoms with Gasteiger partial charge in [-0.15, -0.1) is 0 Å². The molecule has 12 heteroatoms. The molecule has 1 aliphatic heterocycles. The van der Waals surface area contributed by atoms with Gasteiger partial charge in [0.25, 0.3) is 0 Å². The van der Waals surface area contributed by atoms with Crippen LogP contribution in [0.3, 0.4) is 0 Å². The van der Waals surface area contributed by atoms with E-state index in [4.69, 9.17) is 19.9 Å². The summed E-state index contributed by atoms with van der Waals surface area (Å²) in [5, 5.41) is 35.2. The van der Waals surface area contributed by atoms with Crippen molar-refractivity contribution in [2.75, 3.05) is 12.3 Å². The lowest BCUT2D eigenvalue weighted by atomic mass is 9.92. The van der Waals surface area contributed by atoms with Crippen LogP contribution in [0, 0.1) is 11.3 Å². The second kappa shape index (κ2) is 8.28. The molecule has 1 saturated heterocycles. The Morgan fingerprint density at radius 3 is 2.88 bits per heavy atom. The molecule has 0 saturated carbocycles. The van der Waals surface area contributed by atoms with E-state index in [0.717, 1.165) is 0 Å². The standard InChI is InChI=1S/C21H22N6O6/c1-20(2,12-4-3-7-24-8-12)33-19(30)31-9-14-16(28)17(29)21(10-22,32-14)15-6-5-13-18(23)25-11-26-27(13)15/h3-8,11,14,16-17,28-29H,9H2,1-2H3,(H2,23,25,26)/t14-,16-,17-,21+/m1/s1. The molecule has 0 spiro atoms. The van der Waals surface area contributed by atoms with Crippen molar-refractivity contribution in [1.82, 2.24) is 19.6 Å². The number of nitrogens with two attached hydrogens (primary N) is 1. The number of hydrogen-bond acceptors (Lipinski definition) is 11. The largest absolute Gasteiger partial charge is 0.509 e. The Bertz CT molecular complexity index is 1210. The van der Waals surface area contributed by atoms with Crippen molar-refractivity contribution in [3.63, 3.8) is 0 Å². The van der Waals surface area contributed by atoms with E-state index in [-0.39, 0.29) is 11.5 Å². The Labute approximate surface area is 188 Å². The van der Waals surface area contributed by atoms with Gasteiger partial charge >= 0.3 is 6.16 Å². The number of nitriles is 1. The van der Waals surface area contributed by atoms with Crippen LogP contribution in [0.4, 0.5) is 10.6 Å². The fraction of sp³-hybridized carbons (Fsp3) is 0.381. The zero-order valence-electron chi connectivity index (χ0n) is 17.8. The molecule has 3 aromatic heterocycles. The van der Waals surface area contributed by atoms with Gasteiger partial charge in [0, 0.05) is 18.0 Å². The van der Waals surface area contributed by atoms with E-state index in [0.29, 0.717) is 11.1 Å². The minimum atomic E-state index is -1.99. The number of carbonyl (C=O) groups excluding carboxylic acids is 1. The number of nitrogens with zero attached hydrogens (tertiary/aromatic N) is 5. The molecule has 4 N–H and O–H groups in total. The first-order chi connectivity index (χ1) is 15.7. The van der Waals surface area contributed by atoms with Crippen molar-refractivity contribution in [3.8, 4) is 6.07 Å². The number of hydrogen-bond donors (Lipinski definition) is 3. The molecule has 4 rings (SSSR count). The molecule has 0 aliphatic carbocycles. The molecule has 172 valence electrons. The van der Waals surface area contributed by atoms with Crippen LogP contribution in [0.25, 0.3) is 5.52 Å². The molecule has 33 heavy (non-hydrogen) atoms. The Morgan fingerprint density at radius 2 is 2.18 bits per heavy atom. The highest BCUT2D eigenvalue weighted by Gasteiger charge is 2.58. The van der Waals surface area contributed by atoms with E-state index in [1.165, 1.54) is 16.9 Å². The molecular weight excluding hydrogens is 432 g/mol. The minimum Gasteiger partial charge on any atom is -0.431 e. The lowest BCUT2D eigenvalue weighted by Gasteiger charge is -2.25. The van der Waals surface area contributed by atoms with Crippen LogP contribution in [0.15, 0.2) is 43.0 Å². The lowest BCUT2D eigenvalue weighted by molar-refractivity contribution is -0.0812. The van der Waals surface area contributed by atoms with E-state index >= 15 is 0 Å². The molecule has 4 heterocycles. The van der Waals surface area contributed by atoms with Gasteiger partial charge in [0.15, 0.2) is 5.82 Å². The number of rotatable bonds is 5. The van der Waals surface area contributed by atoms with Gasteiger partial charge in [-0.05, 0) is 32.0 Å². The van der Waals surface area contributed by atoms with Gasteiger partial charge in [-0.25, -0.2) is 14.3 Å². The molecule has 3 aromatic rings. The normalized spacial score (nSPS) is 25.0. The smallest absolute Gasteiger partial charge is 0.431 e. The average Bonchev–Trinajstić information content (AvgIpc) is 3.34. The molecule has 0 amide bonds. The molecule has 12 nitrogen and oxygen atoms in total. The van der Waals surface area contributed by atoms with Crippen LogP contribution < -0.4 is 5.73 Å². The zero-order chi connectivity index (χ0) is 23.8. The van der Waals surface area contributed by atoms with Gasteiger partial charge in [0.2, 0.25) is 5.60 Å². The summed E-state index contributed by atoms with van der Waals surface area (Å²) in [6.45, 7) is 2.87. The number of aromatic nitrogens is 4. The minimum absolute atomic E-state index is 0.142. The van der Waals surface area contributed by atoms with E-state index < -0.39 is 42.3 Å². The summed E-state index contributed by atoms with van der Waals surface area (Å²) in [7, 11) is 0. The van der Waals surface area contributed by atoms with Crippen molar-refractivity contribution < 1.29 is 29.2 Å². The summed E-state index contributed by atoms with van der Waals surface area (Å²) in [5.74, 6) is 0.163. The Morgan fingerprint density at radius 1 is 1.39 bits per heavy atom. The van der Waals surface area contributed by atoms with E-state index in [2.05, 4.69) is 15.1 Å². The van der Waals surface area contributed by atoms with E-state index in [1.807, 2.05) is 6.07 Å². The zero-order valence-corrected chi connectivity index (χ0v) is 17.8. The molecule has 0 bridgehead atoms. The second-order valence-corrected chi connectivity index (χ2v) is 8.02. The topological polar surface area (TPSA) is 178 Å². The number of aliphatic hydroxyl groups is 2. The van der Waals surface area contributed by atoms with Crippen LogP contribution in [0.1, 0.15) is 25.1 Å². The van der Waals surface area contributed by atoms with Crippen molar-refractivity contribution in [3.05, 3.63) is 54.2 Å². The van der Waals surface area contributed by atoms with Crippen LogP contribution in [0.2, 0.25) is 0 Å². The molecule has 1 fully saturated rings. The van der Waals surface area contributed by atoms with Gasteiger partial charge in [-0.3, -0.25) is 4.98 Å². The predicted molar refractivity (Wildman–Crippen MR) is 111 cm³/mol. The summed E-state index contributed by atoms with van der Waals surface area (Å²) in [6, 6.07) is 8.43. The molecular formula is C21H22N6O6. The fourth-order valence-electron chi connectivity index (χ4n) is 3.72. The third kappa shape index (κ3) is 3.82. The third-order valence-corrected chi connectivity index (χ3v) is 5.55. The molecule has 0 radical (unpaired) electrons. The predicted octanol–water partition coefficient (Wildman–Crippen LogP) is 0.634. The van der Waals surface area contributed by atoms with Crippen molar-refractivity contribution in [1.29, 1.82) is 5.26 Å². The van der Waals surface area contributed by atoms with Crippen LogP contribution in [-0.4, -0.2) is 60.9 Å². The molecule has 4 atom stereocenters. The number of ether oxygens (including phenoxy) is 3. The molecule has 0 aromatic carbocycles. The number of aliphatic hydroxyl groups excluding tert-OH is 2. The highest BCUT2D eigenvalue weighted by atomic mass is 16.7. The number of nitrogen functional groups attached to an aromatic ring is 1. The number of carbonyl (C=O) groups is 1. The van der Waals surface area contributed by atoms with Gasteiger partial charge < -0.3 is 30.2 Å². The van der Waals surface area contributed by atoms with Crippen LogP contribution in [-0.2, 0) is 25.4 Å². The molecule has 0 unspecified atom stereocenters. The monoisotopic (exact) mass is 454 g/mol. The van der Waals surface area contributed by atoms with E-state index in [1.54, 1.807) is 44.4 Å². The Balaban J connectivity index is 1.49. The van der Waals surface area contributed by atoms with Crippen molar-refractivity contribution in [2.45, 2.75) is 43.4 Å². The maximum Gasteiger partial charge on any atom is 0.509 e. The summed E-state index contributed by atoms with van der Waals surface area (Å²) in [6.07, 6.45) is -1.07. The van der Waals surface area contributed by atoms with Crippen molar-refractivity contribution in [2.24, 2.45) is 0 Å². The fourth-order valence-corrected chi connectivity index (χ4v) is 3.72. The first-order valence-electron chi connectivity index (χ1n) is 10.00. The first-order valence-corrected chi connectivity index (χ1v) is 10.00. The third-order valence-electron chi connectivity index (χ3n) is 5.55. The summed E-state index contributed by atoms with van der Waals surface area (Å²) in [4.78, 5) is 20.2. The number of fused-ring (bicyclic) bond motifs is 1. The van der Waals surface area contributed by atoms with E-state index in [9.17, 15) is 20.3 Å². The van der Waals surface area contributed by atoms with Crippen molar-refractivity contribution >= 4 is 17.5 Å². The van der Waals surface area contributed by atoms with Gasteiger partial charge in [0.1, 0.15) is 48.4 Å². The average molecular weight is 454 g/mol. The summed E-state index contributed by atoms with van der Waals surface area (Å²) >= 11 is 0. The first kappa shape index (κ1) is 22.4. The number of pyridine rings is 1. The Kier molecular flexibility index (Phi) is 5.62. The highest BCUT2D eigenvalue weighted by Crippen LogP contribution is 2.40. The Hall–Kier alpha value is -3.79. The second-order valence-electron chi connectivity index (χ2n) is 8.02. The van der Waals surface area contributed by atoms with Crippen LogP contribution in [0.5, 0.6) is 0 Å². The maximum absolute atomic E-state index is 12.3. The highest BCUT2D eigenvalue weighted by molar-refractivity contribution is 5.66.